The number of aryl methyl sites for hydroxylation is 1. The van der Waals surface area contributed by atoms with Crippen molar-refractivity contribution in [1.29, 1.82) is 5.26 Å². The predicted molar refractivity (Wildman–Crippen MR) is 65.3 cm³/mol. The molecule has 0 amide bonds. The Balaban J connectivity index is 2.48. The molecule has 0 aliphatic heterocycles. The summed E-state index contributed by atoms with van der Waals surface area (Å²) in [7, 11) is 0. The summed E-state index contributed by atoms with van der Waals surface area (Å²) in [6.45, 7) is 6.74. The van der Waals surface area contributed by atoms with Crippen molar-refractivity contribution >= 4 is 5.82 Å². The molecule has 16 heavy (non-hydrogen) atoms. The summed E-state index contributed by atoms with van der Waals surface area (Å²) in [5.41, 5.74) is 1.60. The fourth-order valence-corrected chi connectivity index (χ4v) is 1.40. The number of anilines is 1. The third kappa shape index (κ3) is 3.52. The largest absolute Gasteiger partial charge is 0.368 e. The van der Waals surface area contributed by atoms with Gasteiger partial charge in [0.15, 0.2) is 0 Å². The summed E-state index contributed by atoms with van der Waals surface area (Å²) < 4.78 is 0. The quantitative estimate of drug-likeness (QED) is 0.713. The number of nitrogens with zero attached hydrogens (tertiary/aromatic N) is 2. The zero-order valence-corrected chi connectivity index (χ0v) is 9.88. The van der Waals surface area contributed by atoms with Crippen LogP contribution in [0.4, 0.5) is 5.82 Å². The van der Waals surface area contributed by atoms with Gasteiger partial charge < -0.3 is 10.6 Å². The molecule has 0 fully saturated rings. The normalized spacial score (nSPS) is 9.81. The van der Waals surface area contributed by atoms with E-state index in [4.69, 9.17) is 5.26 Å². The molecule has 2 N–H and O–H groups in total. The van der Waals surface area contributed by atoms with Gasteiger partial charge >= 0.3 is 0 Å². The van der Waals surface area contributed by atoms with E-state index < -0.39 is 0 Å². The van der Waals surface area contributed by atoms with Crippen LogP contribution in [0.5, 0.6) is 0 Å². The average molecular weight is 218 g/mol. The second kappa shape index (κ2) is 6.81. The Kier molecular flexibility index (Phi) is 5.30. The molecule has 4 heteroatoms. The molecule has 0 saturated heterocycles. The van der Waals surface area contributed by atoms with E-state index >= 15 is 0 Å². The Morgan fingerprint density at radius 3 is 2.88 bits per heavy atom. The second-order valence-corrected chi connectivity index (χ2v) is 3.64. The van der Waals surface area contributed by atoms with Gasteiger partial charge in [0.1, 0.15) is 11.9 Å². The van der Waals surface area contributed by atoms with Gasteiger partial charge in [0.25, 0.3) is 0 Å². The monoisotopic (exact) mass is 218 g/mol. The molecule has 0 atom stereocenters. The van der Waals surface area contributed by atoms with E-state index in [0.717, 1.165) is 31.6 Å². The first-order chi connectivity index (χ1) is 7.79. The highest BCUT2D eigenvalue weighted by molar-refractivity contribution is 5.55. The fraction of sp³-hybridized carbons (Fsp3) is 0.500. The topological polar surface area (TPSA) is 60.7 Å². The summed E-state index contributed by atoms with van der Waals surface area (Å²) in [6.07, 6.45) is 2.85. The lowest BCUT2D eigenvalue weighted by Gasteiger charge is -2.08. The van der Waals surface area contributed by atoms with Crippen molar-refractivity contribution in [2.45, 2.75) is 20.3 Å². The molecule has 0 spiro atoms. The Bertz CT molecular complexity index is 368. The van der Waals surface area contributed by atoms with Gasteiger partial charge in [0.05, 0.1) is 5.56 Å². The Morgan fingerprint density at radius 2 is 2.19 bits per heavy atom. The lowest BCUT2D eigenvalue weighted by molar-refractivity contribution is 0.687. The first-order valence-corrected chi connectivity index (χ1v) is 5.60. The van der Waals surface area contributed by atoms with Crippen LogP contribution in [0.15, 0.2) is 12.3 Å². The van der Waals surface area contributed by atoms with Crippen LogP contribution < -0.4 is 10.6 Å². The van der Waals surface area contributed by atoms with Gasteiger partial charge in [0.2, 0.25) is 0 Å². The Hall–Kier alpha value is -1.60. The van der Waals surface area contributed by atoms with Gasteiger partial charge in [-0.3, -0.25) is 0 Å². The van der Waals surface area contributed by atoms with E-state index in [1.54, 1.807) is 6.20 Å². The van der Waals surface area contributed by atoms with Crippen molar-refractivity contribution in [3.8, 4) is 6.07 Å². The highest BCUT2D eigenvalue weighted by Crippen LogP contribution is 2.14. The van der Waals surface area contributed by atoms with Gasteiger partial charge in [-0.2, -0.15) is 5.26 Å². The van der Waals surface area contributed by atoms with Gasteiger partial charge in [-0.1, -0.05) is 6.92 Å². The van der Waals surface area contributed by atoms with E-state index in [2.05, 4.69) is 28.6 Å². The summed E-state index contributed by atoms with van der Waals surface area (Å²) in [5.74, 6) is 0.681. The van der Waals surface area contributed by atoms with Crippen molar-refractivity contribution in [1.82, 2.24) is 10.3 Å². The fourth-order valence-electron chi connectivity index (χ4n) is 1.40. The van der Waals surface area contributed by atoms with E-state index in [1.165, 1.54) is 0 Å². The third-order valence-electron chi connectivity index (χ3n) is 2.29. The molecule has 1 aromatic rings. The van der Waals surface area contributed by atoms with Crippen LogP contribution in [0.2, 0.25) is 0 Å². The van der Waals surface area contributed by atoms with Crippen molar-refractivity contribution in [2.75, 3.05) is 25.0 Å². The number of hydrogen-bond acceptors (Lipinski definition) is 4. The summed E-state index contributed by atoms with van der Waals surface area (Å²) >= 11 is 0. The summed E-state index contributed by atoms with van der Waals surface area (Å²) in [6, 6.07) is 4.02. The molecule has 1 heterocycles. The maximum Gasteiger partial charge on any atom is 0.144 e. The SMILES string of the molecule is CCCNCCNc1nccc(C)c1C#N. The van der Waals surface area contributed by atoms with Crippen molar-refractivity contribution in [3.05, 3.63) is 23.4 Å². The van der Waals surface area contributed by atoms with E-state index in [9.17, 15) is 0 Å². The molecule has 0 bridgehead atoms. The molecule has 0 aromatic carbocycles. The highest BCUT2D eigenvalue weighted by atomic mass is 15.0. The average Bonchev–Trinajstić information content (AvgIpc) is 2.29. The minimum Gasteiger partial charge on any atom is -0.368 e. The maximum atomic E-state index is 8.99. The second-order valence-electron chi connectivity index (χ2n) is 3.64. The first kappa shape index (κ1) is 12.5. The van der Waals surface area contributed by atoms with Crippen LogP contribution in [0.1, 0.15) is 24.5 Å². The third-order valence-corrected chi connectivity index (χ3v) is 2.29. The molecule has 1 aromatic heterocycles. The van der Waals surface area contributed by atoms with Gasteiger partial charge in [-0.25, -0.2) is 4.98 Å². The number of nitrogens with one attached hydrogen (secondary N) is 2. The van der Waals surface area contributed by atoms with Gasteiger partial charge in [-0.15, -0.1) is 0 Å². The van der Waals surface area contributed by atoms with Crippen LogP contribution in [-0.4, -0.2) is 24.6 Å². The number of aromatic nitrogens is 1. The Labute approximate surface area is 96.7 Å². The number of rotatable bonds is 6. The number of hydrogen-bond donors (Lipinski definition) is 2. The highest BCUT2D eigenvalue weighted by Gasteiger charge is 2.04. The minimum atomic E-state index is 0.637. The van der Waals surface area contributed by atoms with E-state index in [1.807, 2.05) is 13.0 Å². The summed E-state index contributed by atoms with van der Waals surface area (Å²) in [4.78, 5) is 4.17. The molecular formula is C12H18N4. The van der Waals surface area contributed by atoms with E-state index in [0.29, 0.717) is 11.4 Å². The van der Waals surface area contributed by atoms with Crippen LogP contribution in [0.25, 0.3) is 0 Å². The van der Waals surface area contributed by atoms with Crippen molar-refractivity contribution in [2.24, 2.45) is 0 Å². The lowest BCUT2D eigenvalue weighted by atomic mass is 10.1. The molecule has 0 unspecified atom stereocenters. The lowest BCUT2D eigenvalue weighted by Crippen LogP contribution is -2.23. The molecular weight excluding hydrogens is 200 g/mol. The number of nitriles is 1. The van der Waals surface area contributed by atoms with Crippen LogP contribution in [0.3, 0.4) is 0 Å². The zero-order valence-electron chi connectivity index (χ0n) is 9.88. The van der Waals surface area contributed by atoms with Crippen LogP contribution in [0, 0.1) is 18.3 Å². The summed E-state index contributed by atoms with van der Waals surface area (Å²) in [5, 5.41) is 15.4. The minimum absolute atomic E-state index is 0.637. The van der Waals surface area contributed by atoms with Crippen LogP contribution in [-0.2, 0) is 0 Å². The molecule has 4 nitrogen and oxygen atoms in total. The molecule has 0 aliphatic carbocycles. The molecule has 0 saturated carbocycles. The van der Waals surface area contributed by atoms with Gasteiger partial charge in [-0.05, 0) is 31.5 Å². The first-order valence-electron chi connectivity index (χ1n) is 5.60. The molecule has 1 rings (SSSR count). The van der Waals surface area contributed by atoms with Gasteiger partial charge in [0, 0.05) is 19.3 Å². The Morgan fingerprint density at radius 1 is 1.38 bits per heavy atom. The number of pyridine rings is 1. The van der Waals surface area contributed by atoms with Crippen LogP contribution >= 0.6 is 0 Å². The zero-order chi connectivity index (χ0) is 11.8. The molecule has 0 radical (unpaired) electrons. The molecule has 86 valence electrons. The van der Waals surface area contributed by atoms with Crippen molar-refractivity contribution in [3.63, 3.8) is 0 Å². The standard InChI is InChI=1S/C12H18N4/c1-3-5-14-7-8-16-12-11(9-13)10(2)4-6-15-12/h4,6,14H,3,5,7-8H2,1-2H3,(H,15,16). The molecule has 0 aliphatic rings. The van der Waals surface area contributed by atoms with E-state index in [-0.39, 0.29) is 0 Å². The maximum absolute atomic E-state index is 8.99. The predicted octanol–water partition coefficient (Wildman–Crippen LogP) is 1.67. The van der Waals surface area contributed by atoms with Crippen molar-refractivity contribution < 1.29 is 0 Å². The smallest absolute Gasteiger partial charge is 0.144 e.